The predicted octanol–water partition coefficient (Wildman–Crippen LogP) is 12.2. The number of anilines is 1. The third kappa shape index (κ3) is 7.56. The fraction of sp³-hybridized carbons (Fsp3) is 0.383. The van der Waals surface area contributed by atoms with Crippen molar-refractivity contribution >= 4 is 17.1 Å². The molecule has 2 heterocycles. The van der Waals surface area contributed by atoms with E-state index >= 15 is 0 Å². The molecule has 0 aromatic heterocycles. The van der Waals surface area contributed by atoms with Crippen LogP contribution in [0.3, 0.4) is 0 Å². The first-order chi connectivity index (χ1) is 24.7. The standard InChI is InChI=1S/C47H54F3N2/c1-33(2)25-27-51-41-23-21-35(5)29-39(41)45(6,31-36-15-10-8-11-16-36)43(51)19-14-20-44-46(7,32-37-17-12-9-13-18-37)40-30-38(47(48,49)50)22-24-42(40)52(44)28-26-34(3)4/h8-24,29-30,33-34H,25-28,31-32H2,1-7H3/q+1. The van der Waals surface area contributed by atoms with Gasteiger partial charge < -0.3 is 4.90 Å². The van der Waals surface area contributed by atoms with Crippen molar-refractivity contribution in [3.63, 3.8) is 0 Å². The van der Waals surface area contributed by atoms with Crippen molar-refractivity contribution < 1.29 is 17.7 Å². The number of rotatable bonds is 12. The van der Waals surface area contributed by atoms with Gasteiger partial charge in [0, 0.05) is 47.5 Å². The van der Waals surface area contributed by atoms with E-state index in [9.17, 15) is 13.2 Å². The predicted molar refractivity (Wildman–Crippen MR) is 211 cm³/mol. The smallest absolute Gasteiger partial charge is 0.344 e. The molecule has 2 nitrogen and oxygen atoms in total. The minimum Gasteiger partial charge on any atom is -0.344 e. The monoisotopic (exact) mass is 703 g/mol. The summed E-state index contributed by atoms with van der Waals surface area (Å²) in [5.41, 5.74) is 8.57. The van der Waals surface area contributed by atoms with Crippen LogP contribution in [0.1, 0.15) is 87.8 Å². The first-order valence-electron chi connectivity index (χ1n) is 18.9. The molecule has 52 heavy (non-hydrogen) atoms. The lowest BCUT2D eigenvalue weighted by Crippen LogP contribution is -2.34. The van der Waals surface area contributed by atoms with Gasteiger partial charge in [-0.05, 0) is 98.9 Å². The Hall–Kier alpha value is -4.38. The van der Waals surface area contributed by atoms with E-state index in [1.165, 1.54) is 40.2 Å². The number of allylic oxidation sites excluding steroid dienone is 4. The molecular weight excluding hydrogens is 650 g/mol. The van der Waals surface area contributed by atoms with E-state index in [0.29, 0.717) is 18.3 Å². The Bertz CT molecular complexity index is 1970. The van der Waals surface area contributed by atoms with Gasteiger partial charge >= 0.3 is 6.18 Å². The Morgan fingerprint density at radius 3 is 1.94 bits per heavy atom. The SMILES string of the molecule is Cc1ccc2c(c1)C(C)(Cc1ccccc1)C(/C=C/C=C1/N(CCC(C)C)c3ccc(C(F)(F)F)cc3C1(C)Cc1ccccc1)=[N+]2CCC(C)C. The second-order valence-electron chi connectivity index (χ2n) is 16.2. The summed E-state index contributed by atoms with van der Waals surface area (Å²) >= 11 is 0. The summed E-state index contributed by atoms with van der Waals surface area (Å²) in [4.78, 5) is 2.29. The van der Waals surface area contributed by atoms with Gasteiger partial charge in [0.1, 0.15) is 6.54 Å². The summed E-state index contributed by atoms with van der Waals surface area (Å²) in [5.74, 6) is 0.994. The van der Waals surface area contributed by atoms with E-state index in [0.717, 1.165) is 54.9 Å². The highest BCUT2D eigenvalue weighted by molar-refractivity contribution is 6.04. The van der Waals surface area contributed by atoms with Gasteiger partial charge in [0.15, 0.2) is 5.71 Å². The van der Waals surface area contributed by atoms with Crippen molar-refractivity contribution in [2.45, 2.75) is 91.2 Å². The Morgan fingerprint density at radius 2 is 1.35 bits per heavy atom. The fourth-order valence-corrected chi connectivity index (χ4v) is 8.26. The summed E-state index contributed by atoms with van der Waals surface area (Å²) < 4.78 is 45.2. The van der Waals surface area contributed by atoms with E-state index in [1.807, 2.05) is 18.2 Å². The highest BCUT2D eigenvalue weighted by atomic mass is 19.4. The van der Waals surface area contributed by atoms with Crippen LogP contribution in [0.2, 0.25) is 0 Å². The molecule has 0 saturated carbocycles. The number of halogens is 3. The van der Waals surface area contributed by atoms with Crippen molar-refractivity contribution in [1.29, 1.82) is 0 Å². The number of nitrogens with zero attached hydrogens (tertiary/aromatic N) is 2. The quantitative estimate of drug-likeness (QED) is 0.133. The van der Waals surface area contributed by atoms with E-state index in [1.54, 1.807) is 6.07 Å². The lowest BCUT2D eigenvalue weighted by Gasteiger charge is -2.31. The molecule has 0 fully saturated rings. The van der Waals surface area contributed by atoms with Crippen molar-refractivity contribution in [2.24, 2.45) is 11.8 Å². The van der Waals surface area contributed by atoms with Gasteiger partial charge in [0.2, 0.25) is 5.69 Å². The summed E-state index contributed by atoms with van der Waals surface area (Å²) in [7, 11) is 0. The van der Waals surface area contributed by atoms with Crippen LogP contribution in [0.15, 0.2) is 121 Å². The van der Waals surface area contributed by atoms with Gasteiger partial charge in [-0.2, -0.15) is 17.7 Å². The third-order valence-corrected chi connectivity index (χ3v) is 11.1. The molecule has 0 saturated heterocycles. The Labute approximate surface area is 309 Å². The molecule has 4 aromatic rings. The first kappa shape index (κ1) is 37.4. The second kappa shape index (κ2) is 14.9. The van der Waals surface area contributed by atoms with Crippen molar-refractivity contribution in [3.05, 3.63) is 154 Å². The van der Waals surface area contributed by atoms with Gasteiger partial charge in [-0.1, -0.05) is 106 Å². The average Bonchev–Trinajstić information content (AvgIpc) is 3.46. The third-order valence-electron chi connectivity index (χ3n) is 11.1. The molecule has 0 bridgehead atoms. The molecule has 272 valence electrons. The molecule has 0 spiro atoms. The number of hydrogen-bond donors (Lipinski definition) is 0. The zero-order valence-corrected chi connectivity index (χ0v) is 31.9. The summed E-state index contributed by atoms with van der Waals surface area (Å²) in [5, 5.41) is 0. The molecule has 2 aliphatic heterocycles. The maximum absolute atomic E-state index is 14.2. The van der Waals surface area contributed by atoms with E-state index < -0.39 is 17.2 Å². The normalized spacial score (nSPS) is 20.9. The number of aryl methyl sites for hydroxylation is 1. The molecule has 4 aromatic carbocycles. The van der Waals surface area contributed by atoms with Gasteiger partial charge in [0.05, 0.1) is 11.0 Å². The maximum atomic E-state index is 14.2. The highest BCUT2D eigenvalue weighted by Crippen LogP contribution is 2.51. The number of benzene rings is 4. The minimum atomic E-state index is -4.42. The lowest BCUT2D eigenvalue weighted by atomic mass is 9.74. The van der Waals surface area contributed by atoms with Crippen LogP contribution in [-0.4, -0.2) is 23.4 Å². The number of alkyl halides is 3. The van der Waals surface area contributed by atoms with Crippen LogP contribution in [0.5, 0.6) is 0 Å². The molecule has 0 N–H and O–H groups in total. The zero-order chi connectivity index (χ0) is 37.3. The van der Waals surface area contributed by atoms with Gasteiger partial charge in [0.25, 0.3) is 0 Å². The Kier molecular flexibility index (Phi) is 10.7. The molecule has 6 rings (SSSR count). The Balaban J connectivity index is 1.52. The van der Waals surface area contributed by atoms with Crippen LogP contribution < -0.4 is 4.90 Å². The van der Waals surface area contributed by atoms with Crippen LogP contribution in [0.4, 0.5) is 24.5 Å². The molecule has 0 amide bonds. The van der Waals surface area contributed by atoms with Gasteiger partial charge in [-0.3, -0.25) is 0 Å². The van der Waals surface area contributed by atoms with Crippen LogP contribution in [0, 0.1) is 18.8 Å². The molecule has 0 aliphatic carbocycles. The minimum absolute atomic E-state index is 0.278. The molecule has 0 radical (unpaired) electrons. The molecule has 2 unspecified atom stereocenters. The van der Waals surface area contributed by atoms with Crippen molar-refractivity contribution in [3.8, 4) is 0 Å². The summed E-state index contributed by atoms with van der Waals surface area (Å²) in [6.45, 7) is 17.3. The zero-order valence-electron chi connectivity index (χ0n) is 31.9. The van der Waals surface area contributed by atoms with Gasteiger partial charge in [-0.25, -0.2) is 0 Å². The van der Waals surface area contributed by atoms with Crippen LogP contribution in [-0.2, 0) is 29.8 Å². The average molecular weight is 704 g/mol. The number of hydrogen-bond acceptors (Lipinski definition) is 1. The maximum Gasteiger partial charge on any atom is 0.416 e. The van der Waals surface area contributed by atoms with Crippen LogP contribution >= 0.6 is 0 Å². The van der Waals surface area contributed by atoms with Crippen molar-refractivity contribution in [2.75, 3.05) is 18.0 Å². The van der Waals surface area contributed by atoms with Gasteiger partial charge in [-0.15, -0.1) is 0 Å². The molecule has 2 aliphatic rings. The lowest BCUT2D eigenvalue weighted by molar-refractivity contribution is -0.439. The summed E-state index contributed by atoms with van der Waals surface area (Å²) in [6, 6.07) is 32.1. The van der Waals surface area contributed by atoms with E-state index in [2.05, 4.69) is 137 Å². The summed E-state index contributed by atoms with van der Waals surface area (Å²) in [6.07, 6.45) is 5.67. The first-order valence-corrected chi connectivity index (χ1v) is 18.9. The Morgan fingerprint density at radius 1 is 0.731 bits per heavy atom. The largest absolute Gasteiger partial charge is 0.416 e. The fourth-order valence-electron chi connectivity index (χ4n) is 8.26. The number of fused-ring (bicyclic) bond motifs is 2. The second-order valence-corrected chi connectivity index (χ2v) is 16.2. The molecule has 5 heteroatoms. The van der Waals surface area contributed by atoms with E-state index in [-0.39, 0.29) is 5.41 Å². The molecular formula is C47H54F3N2+. The molecule has 2 atom stereocenters. The topological polar surface area (TPSA) is 6.25 Å². The van der Waals surface area contributed by atoms with Crippen LogP contribution in [0.25, 0.3) is 0 Å². The van der Waals surface area contributed by atoms with E-state index in [4.69, 9.17) is 0 Å². The highest BCUT2D eigenvalue weighted by Gasteiger charge is 2.48. The van der Waals surface area contributed by atoms with Crippen molar-refractivity contribution in [1.82, 2.24) is 0 Å².